The van der Waals surface area contributed by atoms with Crippen molar-refractivity contribution in [1.82, 2.24) is 9.57 Å². The second kappa shape index (κ2) is 6.01. The van der Waals surface area contributed by atoms with Crippen molar-refractivity contribution in [3.63, 3.8) is 0 Å². The average Bonchev–Trinajstić information content (AvgIpc) is 2.39. The second-order valence-corrected chi connectivity index (χ2v) is 7.06. The van der Waals surface area contributed by atoms with E-state index in [0.29, 0.717) is 0 Å². The summed E-state index contributed by atoms with van der Waals surface area (Å²) in [5.41, 5.74) is 1.21. The van der Waals surface area contributed by atoms with Crippen LogP contribution in [0.3, 0.4) is 0 Å². The maximum atomic E-state index is 5.42. The number of hydrogen-bond acceptors (Lipinski definition) is 3. The predicted molar refractivity (Wildman–Crippen MR) is 79.3 cm³/mol. The van der Waals surface area contributed by atoms with E-state index in [1.807, 2.05) is 0 Å². The fraction of sp³-hybridized carbons (Fsp3) is 0.571. The van der Waals surface area contributed by atoms with Crippen molar-refractivity contribution < 1.29 is 4.74 Å². The van der Waals surface area contributed by atoms with Gasteiger partial charge in [-0.1, -0.05) is 12.1 Å². The minimum atomic E-state index is -0.221. The third-order valence-electron chi connectivity index (χ3n) is 3.67. The summed E-state index contributed by atoms with van der Waals surface area (Å²) < 4.78 is 8.03. The van der Waals surface area contributed by atoms with E-state index in [1.54, 1.807) is 7.11 Å². The van der Waals surface area contributed by atoms with Crippen molar-refractivity contribution in [3.8, 4) is 5.75 Å². The van der Waals surface area contributed by atoms with Gasteiger partial charge in [-0.25, -0.2) is 0 Å². The lowest BCUT2D eigenvalue weighted by molar-refractivity contribution is 0.230. The first-order valence-electron chi connectivity index (χ1n) is 6.43. The molecule has 1 atom stereocenters. The molecule has 2 rings (SSSR count). The molecule has 1 aliphatic rings. The van der Waals surface area contributed by atoms with Crippen molar-refractivity contribution in [1.29, 1.82) is 0 Å². The molecule has 1 saturated heterocycles. The molecule has 100 valence electrons. The Kier molecular flexibility index (Phi) is 4.60. The molecule has 0 bridgehead atoms. The zero-order valence-electron chi connectivity index (χ0n) is 11.8. The molecule has 1 heterocycles. The molecule has 1 aromatic rings. The lowest BCUT2D eigenvalue weighted by Crippen LogP contribution is -2.42. The van der Waals surface area contributed by atoms with Gasteiger partial charge in [0.25, 0.3) is 0 Å². The predicted octanol–water partition coefficient (Wildman–Crippen LogP) is 1.90. The highest BCUT2D eigenvalue weighted by atomic mass is 31.1. The summed E-state index contributed by atoms with van der Waals surface area (Å²) in [5, 5.41) is 1.41. The highest BCUT2D eigenvalue weighted by molar-refractivity contribution is 7.62. The van der Waals surface area contributed by atoms with Gasteiger partial charge in [0, 0.05) is 26.2 Å². The van der Waals surface area contributed by atoms with Gasteiger partial charge in [-0.2, -0.15) is 0 Å². The van der Waals surface area contributed by atoms with Gasteiger partial charge in [-0.05, 0) is 45.6 Å². The van der Waals surface area contributed by atoms with Crippen molar-refractivity contribution in [2.45, 2.75) is 6.92 Å². The summed E-state index contributed by atoms with van der Waals surface area (Å²) in [6.45, 7) is 9.15. The fourth-order valence-electron chi connectivity index (χ4n) is 2.27. The van der Waals surface area contributed by atoms with Crippen LogP contribution in [0.15, 0.2) is 18.2 Å². The summed E-state index contributed by atoms with van der Waals surface area (Å²) in [6, 6.07) is 6.63. The molecule has 0 N–H and O–H groups in total. The number of aryl methyl sites for hydroxylation is 1. The van der Waals surface area contributed by atoms with E-state index in [0.717, 1.165) is 5.75 Å². The molecule has 0 saturated carbocycles. The van der Waals surface area contributed by atoms with Gasteiger partial charge in [-0.3, -0.25) is 4.67 Å². The van der Waals surface area contributed by atoms with E-state index >= 15 is 0 Å². The van der Waals surface area contributed by atoms with Crippen molar-refractivity contribution in [3.05, 3.63) is 23.8 Å². The highest BCUT2D eigenvalue weighted by Crippen LogP contribution is 2.36. The minimum Gasteiger partial charge on any atom is -0.496 e. The molecule has 0 radical (unpaired) electrons. The Bertz CT molecular complexity index is 403. The Morgan fingerprint density at radius 1 is 1.17 bits per heavy atom. The Labute approximate surface area is 112 Å². The van der Waals surface area contributed by atoms with Crippen molar-refractivity contribution >= 4 is 13.4 Å². The number of piperazine rings is 1. The number of hydrogen-bond donors (Lipinski definition) is 0. The van der Waals surface area contributed by atoms with Gasteiger partial charge in [0.2, 0.25) is 0 Å². The van der Waals surface area contributed by atoms with E-state index in [1.165, 1.54) is 37.0 Å². The molecule has 1 fully saturated rings. The molecule has 1 aliphatic heterocycles. The zero-order chi connectivity index (χ0) is 13.1. The topological polar surface area (TPSA) is 15.7 Å². The number of ether oxygens (including phenoxy) is 1. The summed E-state index contributed by atoms with van der Waals surface area (Å²) >= 11 is 0. The number of nitrogens with zero attached hydrogens (tertiary/aromatic N) is 2. The summed E-state index contributed by atoms with van der Waals surface area (Å²) in [6.07, 6.45) is 0. The molecule has 0 amide bonds. The van der Waals surface area contributed by atoms with Crippen LogP contribution in [0.4, 0.5) is 0 Å². The van der Waals surface area contributed by atoms with Crippen molar-refractivity contribution in [2.24, 2.45) is 0 Å². The van der Waals surface area contributed by atoms with Gasteiger partial charge in [0.05, 0.1) is 7.11 Å². The molecule has 1 aromatic carbocycles. The Hall–Kier alpha value is -0.630. The lowest BCUT2D eigenvalue weighted by atomic mass is 10.2. The van der Waals surface area contributed by atoms with Gasteiger partial charge >= 0.3 is 0 Å². The first kappa shape index (κ1) is 13.8. The van der Waals surface area contributed by atoms with Crippen LogP contribution in [0.1, 0.15) is 5.56 Å². The normalized spacial score (nSPS) is 19.8. The molecule has 3 nitrogen and oxygen atoms in total. The molecule has 18 heavy (non-hydrogen) atoms. The SMILES string of the molecule is COc1cc(P(C)N2CCN(C)CC2)ccc1C. The van der Waals surface area contributed by atoms with Crippen LogP contribution in [0.2, 0.25) is 0 Å². The highest BCUT2D eigenvalue weighted by Gasteiger charge is 2.20. The molecule has 1 unspecified atom stereocenters. The number of likely N-dealkylation sites (N-methyl/N-ethyl adjacent to an activating group) is 1. The zero-order valence-corrected chi connectivity index (χ0v) is 12.7. The van der Waals surface area contributed by atoms with Crippen molar-refractivity contribution in [2.75, 3.05) is 47.0 Å². The van der Waals surface area contributed by atoms with Gasteiger partial charge < -0.3 is 9.64 Å². The van der Waals surface area contributed by atoms with E-state index in [9.17, 15) is 0 Å². The molecular weight excluding hydrogens is 243 g/mol. The summed E-state index contributed by atoms with van der Waals surface area (Å²) in [5.74, 6) is 1.01. The summed E-state index contributed by atoms with van der Waals surface area (Å²) in [4.78, 5) is 2.40. The average molecular weight is 266 g/mol. The van der Waals surface area contributed by atoms with Gasteiger partial charge in [0.15, 0.2) is 0 Å². The van der Waals surface area contributed by atoms with Crippen LogP contribution in [0.25, 0.3) is 0 Å². The van der Waals surface area contributed by atoms with Crippen LogP contribution in [0, 0.1) is 6.92 Å². The third-order valence-corrected chi connectivity index (χ3v) is 5.94. The van der Waals surface area contributed by atoms with Crippen LogP contribution >= 0.6 is 8.07 Å². The van der Waals surface area contributed by atoms with Crippen LogP contribution < -0.4 is 10.0 Å². The Morgan fingerprint density at radius 3 is 2.44 bits per heavy atom. The monoisotopic (exact) mass is 266 g/mol. The maximum Gasteiger partial charge on any atom is 0.122 e. The maximum absolute atomic E-state index is 5.42. The second-order valence-electron chi connectivity index (χ2n) is 4.93. The van der Waals surface area contributed by atoms with Crippen LogP contribution in [-0.4, -0.2) is 56.6 Å². The molecule has 0 aromatic heterocycles. The van der Waals surface area contributed by atoms with Gasteiger partial charge in [0.1, 0.15) is 5.75 Å². The molecular formula is C14H23N2OP. The van der Waals surface area contributed by atoms with E-state index < -0.39 is 0 Å². The fourth-order valence-corrected chi connectivity index (χ4v) is 3.97. The van der Waals surface area contributed by atoms with E-state index in [-0.39, 0.29) is 8.07 Å². The molecule has 0 spiro atoms. The number of methoxy groups -OCH3 is 1. The third kappa shape index (κ3) is 3.03. The quantitative estimate of drug-likeness (QED) is 0.777. The van der Waals surface area contributed by atoms with E-state index in [2.05, 4.69) is 48.4 Å². The number of benzene rings is 1. The van der Waals surface area contributed by atoms with E-state index in [4.69, 9.17) is 4.74 Å². The largest absolute Gasteiger partial charge is 0.496 e. The first-order chi connectivity index (χ1) is 8.61. The lowest BCUT2D eigenvalue weighted by Gasteiger charge is -2.36. The Balaban J connectivity index is 2.10. The standard InChI is InChI=1S/C14H23N2OP/c1-12-5-6-13(11-14(12)17-3)18(4)16-9-7-15(2)8-10-16/h5-6,11H,7-10H2,1-4H3. The van der Waals surface area contributed by atoms with Gasteiger partial charge in [-0.15, -0.1) is 0 Å². The van der Waals surface area contributed by atoms with Crippen LogP contribution in [-0.2, 0) is 0 Å². The summed E-state index contributed by atoms with van der Waals surface area (Å²) in [7, 11) is 3.73. The number of rotatable bonds is 3. The van der Waals surface area contributed by atoms with Crippen LogP contribution in [0.5, 0.6) is 5.75 Å². The molecule has 4 heteroatoms. The molecule has 0 aliphatic carbocycles. The minimum absolute atomic E-state index is 0.221. The first-order valence-corrected chi connectivity index (χ1v) is 8.17. The smallest absolute Gasteiger partial charge is 0.122 e. The Morgan fingerprint density at radius 2 is 1.83 bits per heavy atom.